The van der Waals surface area contributed by atoms with Crippen LogP contribution in [0, 0.1) is 0 Å². The van der Waals surface area contributed by atoms with E-state index < -0.39 is 43.9 Å². The maximum Gasteiger partial charge on any atom is 1.00 e. The van der Waals surface area contributed by atoms with Crippen LogP contribution in [-0.2, 0) is 0 Å². The van der Waals surface area contributed by atoms with Gasteiger partial charge in [-0.25, -0.2) is 0 Å². The van der Waals surface area contributed by atoms with Crippen LogP contribution in [0.2, 0.25) is 0 Å². The van der Waals surface area contributed by atoms with Gasteiger partial charge in [-0.15, -0.1) is 0 Å². The quantitative estimate of drug-likeness (QED) is 0.135. The van der Waals surface area contributed by atoms with Gasteiger partial charge >= 0.3 is 124 Å². The van der Waals surface area contributed by atoms with Crippen LogP contribution >= 0.6 is 0 Å². The molecular formula is H16B6CsLiO18. The van der Waals surface area contributed by atoms with E-state index in [0.717, 1.165) is 0 Å². The zero-order chi connectivity index (χ0) is 21.5. The molecular weight excluding hydrogens is 493 g/mol. The second-order valence-corrected chi connectivity index (χ2v) is 2.04. The van der Waals surface area contributed by atoms with E-state index in [1.54, 1.807) is 0 Å². The third-order valence-electron chi connectivity index (χ3n) is 0. The van der Waals surface area contributed by atoms with Crippen molar-refractivity contribution in [3.63, 3.8) is 0 Å². The zero-order valence-electron chi connectivity index (χ0n) is 13.4. The van der Waals surface area contributed by atoms with E-state index in [-0.39, 0.29) is 87.8 Å². The maximum absolute atomic E-state index is 8.53. The van der Waals surface area contributed by atoms with Gasteiger partial charge in [-0.2, -0.15) is 0 Å². The van der Waals surface area contributed by atoms with Gasteiger partial charge in [0.15, 0.2) is 0 Å². The van der Waals surface area contributed by atoms with Crippen molar-refractivity contribution in [2.24, 2.45) is 0 Å². The standard InChI is InChI=1S/5BH3O3.BHO3.Cs.Li/c6*2-1(3)4;;/h5*2-4H;2H;;/q;;;;;-2;2*+1. The van der Waals surface area contributed by atoms with Gasteiger partial charge in [-0.1, -0.05) is 0 Å². The van der Waals surface area contributed by atoms with Gasteiger partial charge in [-0.3, -0.25) is 0 Å². The summed E-state index contributed by atoms with van der Waals surface area (Å²) >= 11 is 0. The maximum atomic E-state index is 8.53. The number of hydrogen-bond acceptors (Lipinski definition) is 18. The molecule has 0 aromatic carbocycles. The first kappa shape index (κ1) is 51.2. The third kappa shape index (κ3) is 3140. The largest absolute Gasteiger partial charge is 1.00 e. The molecule has 0 rings (SSSR count). The summed E-state index contributed by atoms with van der Waals surface area (Å²) in [5.41, 5.74) is 0. The van der Waals surface area contributed by atoms with E-state index in [2.05, 4.69) is 0 Å². The van der Waals surface area contributed by atoms with Crippen LogP contribution in [0.4, 0.5) is 0 Å². The Morgan fingerprint density at radius 3 is 0.346 bits per heavy atom. The summed E-state index contributed by atoms with van der Waals surface area (Å²) in [6, 6.07) is 0. The Bertz CT molecular complexity index is 107. The van der Waals surface area contributed by atoms with E-state index in [4.69, 9.17) is 90.4 Å². The molecule has 18 nitrogen and oxygen atoms in total. The summed E-state index contributed by atoms with van der Waals surface area (Å²) in [6.07, 6.45) is 0. The molecule has 0 saturated carbocycles. The molecule has 0 fully saturated rings. The number of rotatable bonds is 0. The van der Waals surface area contributed by atoms with Crippen LogP contribution in [0.25, 0.3) is 0 Å². The molecule has 0 radical (unpaired) electrons. The first-order chi connectivity index (χ1) is 10.4. The second-order valence-electron chi connectivity index (χ2n) is 2.04. The SMILES string of the molecule is OB(O)O.OB(O)O.OB(O)O.OB(O)O.OB(O)O.[Cs+].[Li+].[O-]B([O-])O. The van der Waals surface area contributed by atoms with Gasteiger partial charge in [0.2, 0.25) is 0 Å². The van der Waals surface area contributed by atoms with Crippen LogP contribution in [0.5, 0.6) is 0 Å². The summed E-state index contributed by atoms with van der Waals surface area (Å²) in [6.45, 7) is 0. The molecule has 16 N–H and O–H groups in total. The zero-order valence-corrected chi connectivity index (χ0v) is 19.7. The minimum Gasteiger partial charge on any atom is -0.871 e. The Morgan fingerprint density at radius 1 is 0.346 bits per heavy atom. The van der Waals surface area contributed by atoms with Gasteiger partial charge in [0.05, 0.1) is 7.32 Å². The molecule has 26 heteroatoms. The molecule has 0 aromatic heterocycles. The third-order valence-corrected chi connectivity index (χ3v) is 0. The summed E-state index contributed by atoms with van der Waals surface area (Å²) in [7, 11) is -13.5. The van der Waals surface area contributed by atoms with E-state index in [1.807, 2.05) is 0 Å². The van der Waals surface area contributed by atoms with Gasteiger partial charge in [0, 0.05) is 0 Å². The molecule has 0 aliphatic heterocycles. The van der Waals surface area contributed by atoms with Crippen molar-refractivity contribution in [2.45, 2.75) is 0 Å². The van der Waals surface area contributed by atoms with Crippen molar-refractivity contribution in [2.75, 3.05) is 0 Å². The Hall–Kier alpha value is 2.32. The van der Waals surface area contributed by atoms with Crippen molar-refractivity contribution < 1.29 is 178 Å². The predicted molar refractivity (Wildman–Crippen MR) is 70.0 cm³/mol. The van der Waals surface area contributed by atoms with Gasteiger partial charge in [0.25, 0.3) is 0 Å². The van der Waals surface area contributed by atoms with Crippen molar-refractivity contribution in [1.29, 1.82) is 0 Å². The molecule has 0 heterocycles. The van der Waals surface area contributed by atoms with E-state index in [0.29, 0.717) is 0 Å². The van der Waals surface area contributed by atoms with E-state index >= 15 is 0 Å². The molecule has 0 spiro atoms. The Kier molecular flexibility index (Phi) is 90.2. The van der Waals surface area contributed by atoms with E-state index in [9.17, 15) is 0 Å². The fourth-order valence-electron chi connectivity index (χ4n) is 0. The summed E-state index contributed by atoms with van der Waals surface area (Å²) in [5.74, 6) is 0. The van der Waals surface area contributed by atoms with Crippen LogP contribution in [-0.4, -0.2) is 124 Å². The van der Waals surface area contributed by atoms with Crippen LogP contribution in [0.1, 0.15) is 0 Å². The van der Waals surface area contributed by atoms with Crippen LogP contribution in [0.3, 0.4) is 0 Å². The molecule has 144 valence electrons. The van der Waals surface area contributed by atoms with Gasteiger partial charge in [-0.05, 0) is 0 Å². The molecule has 0 atom stereocenters. The molecule has 0 unspecified atom stereocenters. The first-order valence-corrected chi connectivity index (χ1v) is 4.60. The summed E-state index contributed by atoms with van der Waals surface area (Å²) in [5, 5.41) is 132. The molecule has 0 saturated heterocycles. The Morgan fingerprint density at radius 2 is 0.346 bits per heavy atom. The number of hydrogen-bond donors (Lipinski definition) is 16. The van der Waals surface area contributed by atoms with Crippen LogP contribution < -0.4 is 97.8 Å². The van der Waals surface area contributed by atoms with Crippen molar-refractivity contribution in [3.05, 3.63) is 0 Å². The minimum absolute atomic E-state index is 0. The van der Waals surface area contributed by atoms with E-state index in [1.165, 1.54) is 0 Å². The Labute approximate surface area is 219 Å². The average molecular weight is 509 g/mol. The average Bonchev–Trinajstić information content (AvgIpc) is 2.08. The minimum atomic E-state index is -2.67. The van der Waals surface area contributed by atoms with Gasteiger partial charge < -0.3 is 90.4 Å². The summed E-state index contributed by atoms with van der Waals surface area (Å²) < 4.78 is 0. The smallest absolute Gasteiger partial charge is 0.871 e. The van der Waals surface area contributed by atoms with Crippen LogP contribution in [0.15, 0.2) is 0 Å². The van der Waals surface area contributed by atoms with Crippen molar-refractivity contribution in [1.82, 2.24) is 0 Å². The monoisotopic (exact) mass is 510 g/mol. The molecule has 0 aliphatic rings. The molecule has 0 amide bonds. The molecule has 0 aliphatic carbocycles. The topological polar surface area (TPSA) is 370 Å². The van der Waals surface area contributed by atoms with Crippen molar-refractivity contribution >= 4 is 43.9 Å². The molecule has 0 bridgehead atoms. The molecule has 26 heavy (non-hydrogen) atoms. The van der Waals surface area contributed by atoms with Gasteiger partial charge in [0.1, 0.15) is 0 Å². The normalized spacial score (nSPS) is 6.23. The predicted octanol–water partition coefficient (Wildman–Crippen LogP) is -19.6. The first-order valence-electron chi connectivity index (χ1n) is 4.60. The fourth-order valence-corrected chi connectivity index (χ4v) is 0. The van der Waals surface area contributed by atoms with Crippen molar-refractivity contribution in [3.8, 4) is 0 Å². The fraction of sp³-hybridized carbons (Fsp3) is 0. The Balaban J connectivity index is -0.0000000245. The second kappa shape index (κ2) is 45.8. The summed E-state index contributed by atoms with van der Waals surface area (Å²) in [4.78, 5) is 0. The molecule has 0 aromatic rings.